The Hall–Kier alpha value is -0.610. The van der Waals surface area contributed by atoms with E-state index >= 15 is 0 Å². The Morgan fingerprint density at radius 1 is 0.351 bits per heavy atom. The van der Waals surface area contributed by atoms with Crippen molar-refractivity contribution in [1.29, 1.82) is 0 Å². The van der Waals surface area contributed by atoms with Crippen LogP contribution in [-0.4, -0.2) is 34.9 Å². The van der Waals surface area contributed by atoms with Crippen LogP contribution in [0.1, 0.15) is 316 Å². The fraction of sp³-hybridized carbons (Fsp3) is 0.981. The summed E-state index contributed by atoms with van der Waals surface area (Å²) in [5.74, 6) is -0.0229. The Labute approximate surface area is 359 Å². The van der Waals surface area contributed by atoms with E-state index in [1.54, 1.807) is 0 Å². The number of hydrogen-bond donors (Lipinski definition) is 3. The van der Waals surface area contributed by atoms with Crippen LogP contribution in [0.5, 0.6) is 0 Å². The van der Waals surface area contributed by atoms with E-state index in [1.807, 2.05) is 0 Å². The van der Waals surface area contributed by atoms with E-state index in [9.17, 15) is 15.0 Å². The Morgan fingerprint density at radius 3 is 0.789 bits per heavy atom. The van der Waals surface area contributed by atoms with Crippen molar-refractivity contribution in [2.75, 3.05) is 6.61 Å². The number of hydrogen-bond acceptors (Lipinski definition) is 3. The van der Waals surface area contributed by atoms with E-state index in [0.717, 1.165) is 25.7 Å². The van der Waals surface area contributed by atoms with Gasteiger partial charge in [0.1, 0.15) is 0 Å². The molecule has 0 spiro atoms. The minimum atomic E-state index is -0.654. The van der Waals surface area contributed by atoms with Crippen LogP contribution >= 0.6 is 0 Å². The molecule has 0 aromatic heterocycles. The first-order valence-electron chi connectivity index (χ1n) is 26.7. The molecule has 0 saturated carbocycles. The molecular weight excluding hydrogens is 699 g/mol. The molecule has 0 radical (unpaired) electrons. The molecule has 0 heterocycles. The number of rotatable bonds is 50. The zero-order chi connectivity index (χ0) is 41.4. The second kappa shape index (κ2) is 49.8. The highest BCUT2D eigenvalue weighted by atomic mass is 16.3. The Kier molecular flexibility index (Phi) is 49.2. The zero-order valence-electron chi connectivity index (χ0n) is 39.4. The number of unbranched alkanes of at least 4 members (excludes halogenated alkanes) is 43. The molecule has 0 unspecified atom stereocenters. The minimum absolute atomic E-state index is 0.0229. The first-order valence-corrected chi connectivity index (χ1v) is 26.7. The van der Waals surface area contributed by atoms with Gasteiger partial charge in [0.25, 0.3) is 0 Å². The van der Waals surface area contributed by atoms with Gasteiger partial charge < -0.3 is 15.5 Å². The quantitative estimate of drug-likeness (QED) is 0.0536. The molecule has 0 saturated heterocycles. The summed E-state index contributed by atoms with van der Waals surface area (Å²) in [7, 11) is 0. The van der Waals surface area contributed by atoms with Crippen LogP contribution in [0.3, 0.4) is 0 Å². The number of carbonyl (C=O) groups is 1. The molecule has 0 rings (SSSR count). The molecule has 0 fully saturated rings. The summed E-state index contributed by atoms with van der Waals surface area (Å²) in [5, 5.41) is 23.3. The lowest BCUT2D eigenvalue weighted by atomic mass is 10.0. The minimum Gasteiger partial charge on any atom is -0.394 e. The van der Waals surface area contributed by atoms with E-state index in [1.165, 1.54) is 263 Å². The third-order valence-corrected chi connectivity index (χ3v) is 12.9. The van der Waals surface area contributed by atoms with Gasteiger partial charge in [-0.15, -0.1) is 0 Å². The standard InChI is InChI=1S/C53H107NO3/c1-3-5-7-9-11-13-15-17-19-21-22-23-24-25-26-27-28-29-30-31-33-35-37-39-41-43-45-47-49-53(57)54-51(50-55)52(56)48-46-44-42-40-38-36-34-32-20-18-16-14-12-10-8-6-4-2/h51-52,55-56H,3-50H2,1-2H3,(H,54,57)/t51-,52+/m0/s1. The maximum absolute atomic E-state index is 12.5. The lowest BCUT2D eigenvalue weighted by Crippen LogP contribution is -2.45. The number of carbonyl (C=O) groups excluding carboxylic acids is 1. The summed E-state index contributed by atoms with van der Waals surface area (Å²) in [6.07, 6.45) is 62.2. The molecule has 0 aliphatic carbocycles. The van der Waals surface area contributed by atoms with Gasteiger partial charge in [0.15, 0.2) is 0 Å². The van der Waals surface area contributed by atoms with Crippen molar-refractivity contribution < 1.29 is 15.0 Å². The summed E-state index contributed by atoms with van der Waals surface area (Å²) >= 11 is 0. The van der Waals surface area contributed by atoms with Crippen LogP contribution in [-0.2, 0) is 4.79 Å². The fourth-order valence-electron chi connectivity index (χ4n) is 8.78. The van der Waals surface area contributed by atoms with Gasteiger partial charge in [0, 0.05) is 6.42 Å². The molecule has 4 heteroatoms. The highest BCUT2D eigenvalue weighted by Crippen LogP contribution is 2.18. The van der Waals surface area contributed by atoms with Crippen molar-refractivity contribution in [3.05, 3.63) is 0 Å². The molecule has 0 aliphatic heterocycles. The smallest absolute Gasteiger partial charge is 0.220 e. The average molecular weight is 806 g/mol. The predicted molar refractivity (Wildman–Crippen MR) is 253 cm³/mol. The van der Waals surface area contributed by atoms with Crippen molar-refractivity contribution in [3.8, 4) is 0 Å². The second-order valence-electron chi connectivity index (χ2n) is 18.7. The topological polar surface area (TPSA) is 69.6 Å². The van der Waals surface area contributed by atoms with Crippen molar-refractivity contribution in [2.45, 2.75) is 328 Å². The Morgan fingerprint density at radius 2 is 0.561 bits per heavy atom. The van der Waals surface area contributed by atoms with E-state index < -0.39 is 12.1 Å². The van der Waals surface area contributed by atoms with E-state index in [4.69, 9.17) is 0 Å². The average Bonchev–Trinajstić information content (AvgIpc) is 3.22. The first-order chi connectivity index (χ1) is 28.2. The van der Waals surface area contributed by atoms with Crippen LogP contribution in [0, 0.1) is 0 Å². The van der Waals surface area contributed by atoms with Gasteiger partial charge in [-0.25, -0.2) is 0 Å². The summed E-state index contributed by atoms with van der Waals surface area (Å²) in [6, 6.07) is -0.530. The molecule has 1 amide bonds. The van der Waals surface area contributed by atoms with Gasteiger partial charge in [-0.2, -0.15) is 0 Å². The number of nitrogens with one attached hydrogen (secondary N) is 1. The van der Waals surface area contributed by atoms with Crippen LogP contribution in [0.2, 0.25) is 0 Å². The molecule has 4 nitrogen and oxygen atoms in total. The molecule has 0 aromatic carbocycles. The third kappa shape index (κ3) is 46.3. The molecule has 0 bridgehead atoms. The molecular formula is C53H107NO3. The van der Waals surface area contributed by atoms with Gasteiger partial charge in [0.05, 0.1) is 18.8 Å². The summed E-state index contributed by atoms with van der Waals surface area (Å²) in [4.78, 5) is 12.5. The first kappa shape index (κ1) is 56.4. The van der Waals surface area contributed by atoms with Gasteiger partial charge in [-0.1, -0.05) is 296 Å². The van der Waals surface area contributed by atoms with Gasteiger partial charge in [-0.05, 0) is 12.8 Å². The van der Waals surface area contributed by atoms with Gasteiger partial charge in [-0.3, -0.25) is 4.79 Å². The summed E-state index contributed by atoms with van der Waals surface area (Å²) in [5.41, 5.74) is 0. The molecule has 0 aromatic rings. The predicted octanol–water partition coefficient (Wildman–Crippen LogP) is 17.2. The molecule has 3 N–H and O–H groups in total. The maximum atomic E-state index is 12.5. The lowest BCUT2D eigenvalue weighted by molar-refractivity contribution is -0.123. The SMILES string of the molecule is CCCCCCCCCCCCCCCCCCCCCCCCCCCCCCC(=O)N[C@@H](CO)[C@H](O)CCCCCCCCCCCCCCCCCCC. The molecule has 57 heavy (non-hydrogen) atoms. The van der Waals surface area contributed by atoms with Crippen LogP contribution < -0.4 is 5.32 Å². The summed E-state index contributed by atoms with van der Waals surface area (Å²) in [6.45, 7) is 4.40. The Bertz CT molecular complexity index is 744. The van der Waals surface area contributed by atoms with Crippen LogP contribution in [0.15, 0.2) is 0 Å². The zero-order valence-corrected chi connectivity index (χ0v) is 39.4. The number of aliphatic hydroxyl groups is 2. The fourth-order valence-corrected chi connectivity index (χ4v) is 8.78. The van der Waals surface area contributed by atoms with Crippen molar-refractivity contribution in [1.82, 2.24) is 5.32 Å². The van der Waals surface area contributed by atoms with Crippen LogP contribution in [0.25, 0.3) is 0 Å². The van der Waals surface area contributed by atoms with E-state index in [0.29, 0.717) is 12.8 Å². The van der Waals surface area contributed by atoms with Gasteiger partial charge in [0.2, 0.25) is 5.91 Å². The van der Waals surface area contributed by atoms with Gasteiger partial charge >= 0.3 is 0 Å². The second-order valence-corrected chi connectivity index (χ2v) is 18.7. The molecule has 0 aliphatic rings. The summed E-state index contributed by atoms with van der Waals surface area (Å²) < 4.78 is 0. The normalized spacial score (nSPS) is 12.7. The highest BCUT2D eigenvalue weighted by molar-refractivity contribution is 5.76. The largest absolute Gasteiger partial charge is 0.394 e. The van der Waals surface area contributed by atoms with Crippen molar-refractivity contribution >= 4 is 5.91 Å². The van der Waals surface area contributed by atoms with Crippen molar-refractivity contribution in [3.63, 3.8) is 0 Å². The maximum Gasteiger partial charge on any atom is 0.220 e. The van der Waals surface area contributed by atoms with Crippen molar-refractivity contribution in [2.24, 2.45) is 0 Å². The monoisotopic (exact) mass is 806 g/mol. The van der Waals surface area contributed by atoms with E-state index in [2.05, 4.69) is 19.2 Å². The highest BCUT2D eigenvalue weighted by Gasteiger charge is 2.20. The number of aliphatic hydroxyl groups excluding tert-OH is 2. The third-order valence-electron chi connectivity index (χ3n) is 12.9. The van der Waals surface area contributed by atoms with E-state index in [-0.39, 0.29) is 12.5 Å². The lowest BCUT2D eigenvalue weighted by Gasteiger charge is -2.22. The Balaban J connectivity index is 3.39. The molecule has 342 valence electrons. The number of amides is 1. The van der Waals surface area contributed by atoms with Crippen LogP contribution in [0.4, 0.5) is 0 Å². The molecule has 2 atom stereocenters.